The Bertz CT molecular complexity index is 721. The summed E-state index contributed by atoms with van der Waals surface area (Å²) in [5.41, 5.74) is 2.59. The summed E-state index contributed by atoms with van der Waals surface area (Å²) in [6, 6.07) is 15.1. The first kappa shape index (κ1) is 13.2. The fraction of sp³-hybridized carbons (Fsp3) is 0.125. The van der Waals surface area contributed by atoms with Gasteiger partial charge in [-0.15, -0.1) is 4.68 Å². The van der Waals surface area contributed by atoms with Crippen LogP contribution in [0.15, 0.2) is 60.9 Å². The first-order chi connectivity index (χ1) is 10.3. The number of rotatable bonds is 4. The van der Waals surface area contributed by atoms with Crippen molar-refractivity contribution in [3.05, 3.63) is 71.7 Å². The summed E-state index contributed by atoms with van der Waals surface area (Å²) < 4.78 is 6.78. The van der Waals surface area contributed by atoms with Gasteiger partial charge in [0.25, 0.3) is 0 Å². The molecule has 0 bridgehead atoms. The van der Waals surface area contributed by atoms with Crippen molar-refractivity contribution in [3.63, 3.8) is 0 Å². The largest absolute Gasteiger partial charge is 0.596 e. The first-order valence-corrected chi connectivity index (χ1v) is 6.61. The van der Waals surface area contributed by atoms with E-state index in [1.165, 1.54) is 6.20 Å². The Labute approximate surface area is 122 Å². The van der Waals surface area contributed by atoms with Gasteiger partial charge in [-0.25, -0.2) is 0 Å². The molecule has 2 aromatic heterocycles. The van der Waals surface area contributed by atoms with Gasteiger partial charge in [0.05, 0.1) is 12.8 Å². The summed E-state index contributed by atoms with van der Waals surface area (Å²) in [5, 5.41) is 12.0. The van der Waals surface area contributed by atoms with E-state index in [9.17, 15) is 5.21 Å². The first-order valence-electron chi connectivity index (χ1n) is 6.61. The van der Waals surface area contributed by atoms with Gasteiger partial charge in [-0.3, -0.25) is 4.98 Å². The second kappa shape index (κ2) is 5.66. The van der Waals surface area contributed by atoms with Crippen LogP contribution in [0.4, 0.5) is 0 Å². The number of hydrogen-bond acceptors (Lipinski definition) is 3. The molecule has 0 aliphatic rings. The lowest BCUT2D eigenvalue weighted by atomic mass is 10.2. The molecule has 5 heteroatoms. The molecule has 2 heterocycles. The number of methoxy groups -OCH3 is 1. The van der Waals surface area contributed by atoms with Crippen molar-refractivity contribution >= 4 is 0 Å². The Kier molecular flexibility index (Phi) is 3.55. The zero-order chi connectivity index (χ0) is 14.7. The van der Waals surface area contributed by atoms with Crippen molar-refractivity contribution in [2.75, 3.05) is 7.11 Å². The Hall–Kier alpha value is -2.82. The van der Waals surface area contributed by atoms with Crippen molar-refractivity contribution in [1.29, 1.82) is 0 Å². The molecule has 1 aromatic carbocycles. The second-order valence-electron chi connectivity index (χ2n) is 4.62. The standard InChI is InChI=1S/C16H15N3O2/c1-21-14-7-5-13(6-8-14)12-18-16(9-11-19(18)20)15-4-2-3-10-17-15/h2-11H,12H2,1H3. The Morgan fingerprint density at radius 2 is 1.95 bits per heavy atom. The van der Waals surface area contributed by atoms with Crippen LogP contribution in [0.25, 0.3) is 11.4 Å². The molecular formula is C16H15N3O2. The van der Waals surface area contributed by atoms with E-state index in [4.69, 9.17) is 4.74 Å². The average molecular weight is 281 g/mol. The van der Waals surface area contributed by atoms with E-state index in [2.05, 4.69) is 4.98 Å². The van der Waals surface area contributed by atoms with Crippen molar-refractivity contribution in [1.82, 2.24) is 9.67 Å². The Morgan fingerprint density at radius 3 is 2.62 bits per heavy atom. The highest BCUT2D eigenvalue weighted by molar-refractivity contribution is 5.53. The van der Waals surface area contributed by atoms with Gasteiger partial charge in [-0.05, 0) is 29.8 Å². The normalized spacial score (nSPS) is 10.5. The van der Waals surface area contributed by atoms with E-state index < -0.39 is 0 Å². The Morgan fingerprint density at radius 1 is 1.14 bits per heavy atom. The van der Waals surface area contributed by atoms with Crippen molar-refractivity contribution in [2.24, 2.45) is 0 Å². The van der Waals surface area contributed by atoms with Gasteiger partial charge in [-0.2, -0.15) is 0 Å². The fourth-order valence-electron chi connectivity index (χ4n) is 2.20. The van der Waals surface area contributed by atoms with E-state index >= 15 is 0 Å². The molecule has 0 fully saturated rings. The van der Waals surface area contributed by atoms with Crippen LogP contribution in [0, 0.1) is 5.21 Å². The van der Waals surface area contributed by atoms with Gasteiger partial charge >= 0.3 is 0 Å². The number of ether oxygens (including phenoxy) is 1. The van der Waals surface area contributed by atoms with Gasteiger partial charge in [0.15, 0.2) is 0 Å². The molecule has 0 aliphatic heterocycles. The number of aromatic nitrogens is 3. The molecule has 0 aliphatic carbocycles. The van der Waals surface area contributed by atoms with Gasteiger partial charge in [0.1, 0.15) is 18.0 Å². The van der Waals surface area contributed by atoms with E-state index in [1.807, 2.05) is 42.5 Å². The summed E-state index contributed by atoms with van der Waals surface area (Å²) in [7, 11) is 1.63. The number of benzene rings is 1. The molecule has 21 heavy (non-hydrogen) atoms. The van der Waals surface area contributed by atoms with Crippen LogP contribution < -0.4 is 9.58 Å². The maximum atomic E-state index is 12.0. The van der Waals surface area contributed by atoms with Crippen LogP contribution in [-0.4, -0.2) is 16.8 Å². The maximum absolute atomic E-state index is 12.0. The average Bonchev–Trinajstić information content (AvgIpc) is 2.90. The van der Waals surface area contributed by atoms with Crippen LogP contribution in [0.3, 0.4) is 0 Å². The minimum absolute atomic E-state index is 0.479. The highest BCUT2D eigenvalue weighted by atomic mass is 16.5. The molecule has 0 amide bonds. The predicted octanol–water partition coefficient (Wildman–Crippen LogP) is 2.24. The molecule has 5 nitrogen and oxygen atoms in total. The topological polar surface area (TPSA) is 54.0 Å². The molecular weight excluding hydrogens is 266 g/mol. The monoisotopic (exact) mass is 281 g/mol. The number of nitrogens with zero attached hydrogens (tertiary/aromatic N) is 3. The lowest BCUT2D eigenvalue weighted by molar-refractivity contribution is -0.692. The quantitative estimate of drug-likeness (QED) is 0.544. The van der Waals surface area contributed by atoms with Crippen LogP contribution in [0.5, 0.6) is 5.75 Å². The lowest BCUT2D eigenvalue weighted by Gasteiger charge is -2.08. The smallest absolute Gasteiger partial charge is 0.209 e. The molecule has 0 spiro atoms. The SMILES string of the molecule is COc1ccc(Cn2c(-c3ccccn3)cc[n+]2[O-])cc1. The lowest BCUT2D eigenvalue weighted by Crippen LogP contribution is -2.37. The molecule has 0 N–H and O–H groups in total. The third-order valence-electron chi connectivity index (χ3n) is 3.29. The van der Waals surface area contributed by atoms with Gasteiger partial charge < -0.3 is 9.94 Å². The van der Waals surface area contributed by atoms with Crippen molar-refractivity contribution in [2.45, 2.75) is 6.54 Å². The fourth-order valence-corrected chi connectivity index (χ4v) is 2.20. The minimum atomic E-state index is 0.479. The van der Waals surface area contributed by atoms with Crippen LogP contribution in [0.1, 0.15) is 5.56 Å². The third-order valence-corrected chi connectivity index (χ3v) is 3.29. The maximum Gasteiger partial charge on any atom is 0.209 e. The molecule has 3 rings (SSSR count). The second-order valence-corrected chi connectivity index (χ2v) is 4.62. The van der Waals surface area contributed by atoms with Crippen molar-refractivity contribution < 1.29 is 9.58 Å². The van der Waals surface area contributed by atoms with Crippen molar-refractivity contribution in [3.8, 4) is 17.1 Å². The zero-order valence-electron chi connectivity index (χ0n) is 11.6. The molecule has 0 saturated carbocycles. The summed E-state index contributed by atoms with van der Waals surface area (Å²) in [5.74, 6) is 0.797. The zero-order valence-corrected chi connectivity index (χ0v) is 11.6. The molecule has 0 radical (unpaired) electrons. The summed E-state index contributed by atoms with van der Waals surface area (Å²) >= 11 is 0. The Balaban J connectivity index is 1.93. The predicted molar refractivity (Wildman–Crippen MR) is 78.7 cm³/mol. The van der Waals surface area contributed by atoms with E-state index in [-0.39, 0.29) is 0 Å². The summed E-state index contributed by atoms with van der Waals surface area (Å²) in [6.07, 6.45) is 3.21. The number of hydrogen-bond donors (Lipinski definition) is 0. The highest BCUT2D eigenvalue weighted by Gasteiger charge is 2.14. The third kappa shape index (κ3) is 2.72. The van der Waals surface area contributed by atoms with Gasteiger partial charge in [0, 0.05) is 12.3 Å². The van der Waals surface area contributed by atoms with Crippen LogP contribution >= 0.6 is 0 Å². The minimum Gasteiger partial charge on any atom is -0.596 e. The van der Waals surface area contributed by atoms with E-state index in [0.717, 1.165) is 27.5 Å². The molecule has 106 valence electrons. The molecule has 0 unspecified atom stereocenters. The van der Waals surface area contributed by atoms with Gasteiger partial charge in [0.2, 0.25) is 6.20 Å². The van der Waals surface area contributed by atoms with Gasteiger partial charge in [-0.1, -0.05) is 23.0 Å². The number of pyridine rings is 1. The summed E-state index contributed by atoms with van der Waals surface area (Å²) in [6.45, 7) is 0.479. The van der Waals surface area contributed by atoms with E-state index in [1.54, 1.807) is 24.1 Å². The summed E-state index contributed by atoms with van der Waals surface area (Å²) in [4.78, 5) is 5.13. The van der Waals surface area contributed by atoms with Crippen LogP contribution in [-0.2, 0) is 6.54 Å². The van der Waals surface area contributed by atoms with Crippen LogP contribution in [0.2, 0.25) is 0 Å². The molecule has 3 aromatic rings. The molecule has 0 saturated heterocycles. The molecule has 0 atom stereocenters. The highest BCUT2D eigenvalue weighted by Crippen LogP contribution is 2.17. The van der Waals surface area contributed by atoms with E-state index in [0.29, 0.717) is 6.54 Å².